The van der Waals surface area contributed by atoms with E-state index in [0.29, 0.717) is 0 Å². The highest BCUT2D eigenvalue weighted by molar-refractivity contribution is 7.11. The van der Waals surface area contributed by atoms with Crippen LogP contribution in [-0.4, -0.2) is 10.2 Å². The summed E-state index contributed by atoms with van der Waals surface area (Å²) in [4.78, 5) is 0. The molecule has 0 aliphatic carbocycles. The number of nitrogens with zero attached hydrogens (tertiary/aromatic N) is 2. The molecule has 0 amide bonds. The number of nitrogens with one attached hydrogen (secondary N) is 1. The van der Waals surface area contributed by atoms with Crippen LogP contribution < -0.4 is 5.32 Å². The molecule has 0 aliphatic heterocycles. The number of rotatable bonds is 4. The van der Waals surface area contributed by atoms with Gasteiger partial charge in [0.25, 0.3) is 0 Å². The average molecular weight is 254 g/mol. The first kappa shape index (κ1) is 11.5. The maximum atomic E-state index is 5.90. The third-order valence-electron chi connectivity index (χ3n) is 2.06. The Labute approximate surface area is 103 Å². The second-order valence-electron chi connectivity index (χ2n) is 3.45. The Morgan fingerprint density at radius 2 is 2.19 bits per heavy atom. The van der Waals surface area contributed by atoms with Gasteiger partial charge in [0.2, 0.25) is 0 Å². The molecule has 0 saturated carbocycles. The highest BCUT2D eigenvalue weighted by atomic mass is 35.5. The fourth-order valence-corrected chi connectivity index (χ4v) is 2.26. The molecule has 0 saturated heterocycles. The predicted octanol–water partition coefficient (Wildman–Crippen LogP) is 2.79. The van der Waals surface area contributed by atoms with Crippen LogP contribution in [0.15, 0.2) is 24.3 Å². The zero-order valence-electron chi connectivity index (χ0n) is 8.90. The number of hydrogen-bond donors (Lipinski definition) is 1. The van der Waals surface area contributed by atoms with Crippen molar-refractivity contribution in [3.63, 3.8) is 0 Å². The van der Waals surface area contributed by atoms with Crippen LogP contribution in [0.1, 0.15) is 15.6 Å². The summed E-state index contributed by atoms with van der Waals surface area (Å²) in [6.07, 6.45) is 0. The van der Waals surface area contributed by atoms with Gasteiger partial charge in [-0.15, -0.1) is 21.5 Å². The van der Waals surface area contributed by atoms with Crippen molar-refractivity contribution in [3.05, 3.63) is 44.9 Å². The van der Waals surface area contributed by atoms with Gasteiger partial charge in [-0.1, -0.05) is 23.7 Å². The number of benzene rings is 1. The largest absolute Gasteiger partial charge is 0.306 e. The summed E-state index contributed by atoms with van der Waals surface area (Å²) in [7, 11) is 0. The fourth-order valence-electron chi connectivity index (χ4n) is 1.37. The smallest absolute Gasteiger partial charge is 0.131 e. The predicted molar refractivity (Wildman–Crippen MR) is 66.6 cm³/mol. The zero-order valence-corrected chi connectivity index (χ0v) is 10.5. The Kier molecular flexibility index (Phi) is 3.88. The van der Waals surface area contributed by atoms with Gasteiger partial charge < -0.3 is 5.32 Å². The molecule has 84 valence electrons. The Bertz CT molecular complexity index is 470. The van der Waals surface area contributed by atoms with Crippen LogP contribution in [0.4, 0.5) is 0 Å². The lowest BCUT2D eigenvalue weighted by Crippen LogP contribution is -2.12. The minimum atomic E-state index is 0.748. The lowest BCUT2D eigenvalue weighted by molar-refractivity contribution is 0.684. The Morgan fingerprint density at radius 1 is 1.31 bits per heavy atom. The fraction of sp³-hybridized carbons (Fsp3) is 0.273. The van der Waals surface area contributed by atoms with Crippen molar-refractivity contribution in [2.45, 2.75) is 20.0 Å². The third kappa shape index (κ3) is 3.27. The number of aryl methyl sites for hydroxylation is 1. The maximum Gasteiger partial charge on any atom is 0.131 e. The molecule has 1 aromatic carbocycles. The Balaban J connectivity index is 1.84. The van der Waals surface area contributed by atoms with Crippen molar-refractivity contribution >= 4 is 22.9 Å². The quantitative estimate of drug-likeness (QED) is 0.911. The van der Waals surface area contributed by atoms with Crippen molar-refractivity contribution < 1.29 is 0 Å². The Hall–Kier alpha value is -0.970. The zero-order chi connectivity index (χ0) is 11.4. The summed E-state index contributed by atoms with van der Waals surface area (Å²) >= 11 is 7.51. The molecule has 0 atom stereocenters. The van der Waals surface area contributed by atoms with E-state index in [-0.39, 0.29) is 0 Å². The van der Waals surface area contributed by atoms with E-state index < -0.39 is 0 Å². The van der Waals surface area contributed by atoms with Gasteiger partial charge in [-0.2, -0.15) is 0 Å². The second kappa shape index (κ2) is 5.39. The molecule has 0 radical (unpaired) electrons. The van der Waals surface area contributed by atoms with Crippen LogP contribution in [0.3, 0.4) is 0 Å². The highest BCUT2D eigenvalue weighted by Crippen LogP contribution is 2.11. The molecule has 1 aromatic heterocycles. The molecule has 0 aliphatic rings. The van der Waals surface area contributed by atoms with E-state index in [1.165, 1.54) is 5.56 Å². The molecule has 2 aromatic rings. The van der Waals surface area contributed by atoms with Gasteiger partial charge in [-0.05, 0) is 24.6 Å². The lowest BCUT2D eigenvalue weighted by atomic mass is 10.2. The molecule has 0 fully saturated rings. The van der Waals surface area contributed by atoms with Gasteiger partial charge >= 0.3 is 0 Å². The van der Waals surface area contributed by atoms with Crippen LogP contribution in [0.25, 0.3) is 0 Å². The van der Waals surface area contributed by atoms with E-state index >= 15 is 0 Å². The van der Waals surface area contributed by atoms with E-state index in [4.69, 9.17) is 11.6 Å². The molecule has 0 bridgehead atoms. The summed E-state index contributed by atoms with van der Waals surface area (Å²) in [5.74, 6) is 0. The first-order chi connectivity index (χ1) is 7.74. The molecule has 16 heavy (non-hydrogen) atoms. The lowest BCUT2D eigenvalue weighted by Gasteiger charge is -2.02. The molecule has 1 N–H and O–H groups in total. The van der Waals surface area contributed by atoms with E-state index in [2.05, 4.69) is 15.5 Å². The van der Waals surface area contributed by atoms with E-state index in [9.17, 15) is 0 Å². The maximum absolute atomic E-state index is 5.90. The first-order valence-electron chi connectivity index (χ1n) is 4.98. The van der Waals surface area contributed by atoms with Crippen molar-refractivity contribution in [2.24, 2.45) is 0 Å². The second-order valence-corrected chi connectivity index (χ2v) is 5.15. The summed E-state index contributed by atoms with van der Waals surface area (Å²) < 4.78 is 0. The van der Waals surface area contributed by atoms with Crippen LogP contribution in [0.5, 0.6) is 0 Å². The summed E-state index contributed by atoms with van der Waals surface area (Å²) in [6, 6.07) is 7.83. The van der Waals surface area contributed by atoms with E-state index in [0.717, 1.165) is 28.1 Å². The van der Waals surface area contributed by atoms with Crippen molar-refractivity contribution in [1.29, 1.82) is 0 Å². The minimum absolute atomic E-state index is 0.748. The van der Waals surface area contributed by atoms with Gasteiger partial charge in [0, 0.05) is 18.1 Å². The molecule has 1 heterocycles. The molecule has 5 heteroatoms. The first-order valence-corrected chi connectivity index (χ1v) is 6.17. The third-order valence-corrected chi connectivity index (χ3v) is 3.14. The standard InChI is InChI=1S/C11H12ClN3S/c1-8-14-15-11(16-8)7-13-6-9-3-2-4-10(12)5-9/h2-5,13H,6-7H2,1H3. The summed E-state index contributed by atoms with van der Waals surface area (Å²) in [6.45, 7) is 3.50. The molecular weight excluding hydrogens is 242 g/mol. The van der Waals surface area contributed by atoms with Crippen LogP contribution in [0, 0.1) is 6.92 Å². The number of aromatic nitrogens is 2. The van der Waals surface area contributed by atoms with Crippen LogP contribution >= 0.6 is 22.9 Å². The van der Waals surface area contributed by atoms with Gasteiger partial charge in [0.15, 0.2) is 0 Å². The SMILES string of the molecule is Cc1nnc(CNCc2cccc(Cl)c2)s1. The van der Waals surface area contributed by atoms with Gasteiger partial charge in [-0.3, -0.25) is 0 Å². The van der Waals surface area contributed by atoms with Crippen LogP contribution in [-0.2, 0) is 13.1 Å². The number of halogens is 1. The molecule has 0 unspecified atom stereocenters. The van der Waals surface area contributed by atoms with Crippen molar-refractivity contribution in [1.82, 2.24) is 15.5 Å². The van der Waals surface area contributed by atoms with E-state index in [1.807, 2.05) is 31.2 Å². The van der Waals surface area contributed by atoms with Crippen molar-refractivity contribution in [2.75, 3.05) is 0 Å². The summed E-state index contributed by atoms with van der Waals surface area (Å²) in [5, 5.41) is 14.1. The average Bonchev–Trinajstić information content (AvgIpc) is 2.64. The van der Waals surface area contributed by atoms with Gasteiger partial charge in [0.05, 0.1) is 0 Å². The molecule has 0 spiro atoms. The minimum Gasteiger partial charge on any atom is -0.306 e. The molecular formula is C11H12ClN3S. The summed E-state index contributed by atoms with van der Waals surface area (Å²) in [5.41, 5.74) is 1.17. The van der Waals surface area contributed by atoms with Gasteiger partial charge in [0.1, 0.15) is 10.0 Å². The van der Waals surface area contributed by atoms with Crippen molar-refractivity contribution in [3.8, 4) is 0 Å². The number of hydrogen-bond acceptors (Lipinski definition) is 4. The van der Waals surface area contributed by atoms with Gasteiger partial charge in [-0.25, -0.2) is 0 Å². The highest BCUT2D eigenvalue weighted by Gasteiger charge is 1.99. The normalized spacial score (nSPS) is 10.6. The molecule has 3 nitrogen and oxygen atoms in total. The van der Waals surface area contributed by atoms with E-state index in [1.54, 1.807) is 11.3 Å². The monoisotopic (exact) mass is 253 g/mol. The topological polar surface area (TPSA) is 37.8 Å². The molecule has 2 rings (SSSR count). The Morgan fingerprint density at radius 3 is 2.88 bits per heavy atom. The van der Waals surface area contributed by atoms with Crippen LogP contribution in [0.2, 0.25) is 5.02 Å².